The van der Waals surface area contributed by atoms with Crippen LogP contribution in [-0.4, -0.2) is 16.3 Å². The highest BCUT2D eigenvalue weighted by molar-refractivity contribution is 6.21. The lowest BCUT2D eigenvalue weighted by Crippen LogP contribution is -1.82. The number of allylic oxidation sites excluding steroid dienone is 1. The first kappa shape index (κ1) is 13.5. The van der Waals surface area contributed by atoms with Crippen LogP contribution < -0.4 is 0 Å². The number of rotatable bonds is 2. The molecule has 0 spiro atoms. The van der Waals surface area contributed by atoms with Gasteiger partial charge in [0.25, 0.3) is 0 Å². The number of hydrogen-bond acceptors (Lipinski definition) is 4. The van der Waals surface area contributed by atoms with Gasteiger partial charge in [0.2, 0.25) is 5.89 Å². The molecule has 23 heavy (non-hydrogen) atoms. The van der Waals surface area contributed by atoms with E-state index in [0.717, 1.165) is 28.0 Å². The summed E-state index contributed by atoms with van der Waals surface area (Å²) in [6, 6.07) is 15.7. The van der Waals surface area contributed by atoms with E-state index in [2.05, 4.69) is 9.98 Å². The molecule has 3 aromatic rings. The lowest BCUT2D eigenvalue weighted by atomic mass is 10.1. The molecule has 1 aliphatic heterocycles. The normalized spacial score (nSPS) is 14.4. The summed E-state index contributed by atoms with van der Waals surface area (Å²) in [4.78, 5) is 8.75. The molecular weight excluding hydrogens is 288 g/mol. The monoisotopic (exact) mass is 302 g/mol. The summed E-state index contributed by atoms with van der Waals surface area (Å²) in [5.41, 5.74) is 5.19. The van der Waals surface area contributed by atoms with E-state index in [1.165, 1.54) is 0 Å². The fourth-order valence-electron chi connectivity index (χ4n) is 2.62. The van der Waals surface area contributed by atoms with Gasteiger partial charge in [-0.2, -0.15) is 0 Å². The number of oxazole rings is 1. The summed E-state index contributed by atoms with van der Waals surface area (Å²) in [5, 5.41) is 10.1. The number of aryl methyl sites for hydroxylation is 1. The summed E-state index contributed by atoms with van der Waals surface area (Å²) in [6.07, 6.45) is 3.55. The molecule has 1 aromatic heterocycles. The second-order valence-electron chi connectivity index (χ2n) is 5.45. The Morgan fingerprint density at radius 3 is 2.83 bits per heavy atom. The molecule has 112 valence electrons. The van der Waals surface area contributed by atoms with E-state index >= 15 is 0 Å². The summed E-state index contributed by atoms with van der Waals surface area (Å²) >= 11 is 0. The van der Waals surface area contributed by atoms with Crippen LogP contribution in [0.25, 0.3) is 23.1 Å². The van der Waals surface area contributed by atoms with Gasteiger partial charge >= 0.3 is 5.95 Å². The number of benzene rings is 2. The van der Waals surface area contributed by atoms with Crippen LogP contribution in [0.15, 0.2) is 57.9 Å². The molecule has 0 amide bonds. The lowest BCUT2D eigenvalue weighted by molar-refractivity contribution is 0.336. The Morgan fingerprint density at radius 1 is 1.09 bits per heavy atom. The van der Waals surface area contributed by atoms with Gasteiger partial charge < -0.3 is 9.52 Å². The smallest absolute Gasteiger partial charge is 0.310 e. The van der Waals surface area contributed by atoms with Crippen LogP contribution in [0.4, 0.5) is 5.69 Å². The van der Waals surface area contributed by atoms with Crippen LogP contribution in [0.2, 0.25) is 0 Å². The fraction of sp³-hybridized carbons (Fsp3) is 0.0526. The lowest BCUT2D eigenvalue weighted by Gasteiger charge is -1.97. The molecule has 0 atom stereocenters. The molecule has 0 radical (unpaired) electrons. The average Bonchev–Trinajstić information content (AvgIpc) is 3.13. The Labute approximate surface area is 133 Å². The first-order valence-corrected chi connectivity index (χ1v) is 7.33. The molecule has 0 saturated carbocycles. The van der Waals surface area contributed by atoms with Crippen molar-refractivity contribution < 1.29 is 9.52 Å². The average molecular weight is 302 g/mol. The van der Waals surface area contributed by atoms with Gasteiger partial charge in [-0.05, 0) is 31.2 Å². The van der Waals surface area contributed by atoms with E-state index in [1.807, 2.05) is 55.5 Å². The molecule has 2 heterocycles. The summed E-state index contributed by atoms with van der Waals surface area (Å²) in [6.45, 7) is 2.00. The minimum atomic E-state index is -0.188. The molecule has 4 nitrogen and oxygen atoms in total. The van der Waals surface area contributed by atoms with Crippen molar-refractivity contribution in [1.29, 1.82) is 0 Å². The number of aliphatic imine (C=N–C) groups is 1. The van der Waals surface area contributed by atoms with Crippen LogP contribution in [0, 0.1) is 6.92 Å². The van der Waals surface area contributed by atoms with Crippen LogP contribution >= 0.6 is 0 Å². The zero-order valence-corrected chi connectivity index (χ0v) is 12.5. The maximum atomic E-state index is 10.1. The van der Waals surface area contributed by atoms with Crippen molar-refractivity contribution in [3.8, 4) is 17.4 Å². The zero-order chi connectivity index (χ0) is 15.8. The van der Waals surface area contributed by atoms with Crippen molar-refractivity contribution in [3.05, 3.63) is 65.4 Å². The van der Waals surface area contributed by atoms with E-state index in [-0.39, 0.29) is 5.95 Å². The molecule has 0 unspecified atom stereocenters. The van der Waals surface area contributed by atoms with Crippen molar-refractivity contribution in [1.82, 2.24) is 4.98 Å². The third kappa shape index (κ3) is 2.44. The van der Waals surface area contributed by atoms with E-state index in [1.54, 1.807) is 12.3 Å². The molecule has 4 heteroatoms. The van der Waals surface area contributed by atoms with E-state index < -0.39 is 0 Å². The van der Waals surface area contributed by atoms with Gasteiger partial charge in [-0.15, -0.1) is 0 Å². The molecule has 4 rings (SSSR count). The second-order valence-corrected chi connectivity index (χ2v) is 5.45. The Kier molecular flexibility index (Phi) is 3.08. The van der Waals surface area contributed by atoms with Crippen molar-refractivity contribution in [2.24, 2.45) is 4.99 Å². The number of aromatic nitrogens is 1. The van der Waals surface area contributed by atoms with Crippen LogP contribution in [0.3, 0.4) is 0 Å². The number of aromatic hydroxyl groups is 1. The summed E-state index contributed by atoms with van der Waals surface area (Å²) in [7, 11) is 0. The first-order valence-electron chi connectivity index (χ1n) is 7.33. The van der Waals surface area contributed by atoms with Gasteiger partial charge in [-0.3, -0.25) is 4.99 Å². The Balaban J connectivity index is 1.75. The molecule has 2 aromatic carbocycles. The first-order chi connectivity index (χ1) is 11.2. The Morgan fingerprint density at radius 2 is 1.96 bits per heavy atom. The molecule has 1 N–H and O–H groups in total. The zero-order valence-electron chi connectivity index (χ0n) is 12.5. The number of para-hydroxylation sites is 1. The van der Waals surface area contributed by atoms with Crippen molar-refractivity contribution in [2.45, 2.75) is 6.92 Å². The third-order valence-corrected chi connectivity index (χ3v) is 3.75. The highest BCUT2D eigenvalue weighted by Gasteiger charge is 2.16. The predicted molar refractivity (Wildman–Crippen MR) is 90.8 cm³/mol. The number of fused-ring (bicyclic) bond motifs is 1. The standard InChI is InChI=1S/C19H14N2O2/c1-12-5-4-6-13(9-12)18-21-17(19(22)23-18)10-14-11-20-16-8-3-2-7-15(14)16/h2-11,22H,1H3. The number of hydrogen-bond donors (Lipinski definition) is 1. The highest BCUT2D eigenvalue weighted by Crippen LogP contribution is 2.34. The van der Waals surface area contributed by atoms with Gasteiger partial charge in [-0.1, -0.05) is 35.9 Å². The quantitative estimate of drug-likeness (QED) is 0.752. The summed E-state index contributed by atoms with van der Waals surface area (Å²) in [5.74, 6) is 0.216. The minimum Gasteiger partial charge on any atom is -0.479 e. The Hall–Kier alpha value is -3.14. The third-order valence-electron chi connectivity index (χ3n) is 3.75. The minimum absolute atomic E-state index is 0.188. The van der Waals surface area contributed by atoms with Gasteiger partial charge in [0.15, 0.2) is 0 Å². The fourth-order valence-corrected chi connectivity index (χ4v) is 2.62. The van der Waals surface area contributed by atoms with Crippen LogP contribution in [0.1, 0.15) is 16.8 Å². The van der Waals surface area contributed by atoms with Crippen molar-refractivity contribution in [2.75, 3.05) is 0 Å². The summed E-state index contributed by atoms with van der Waals surface area (Å²) < 4.78 is 5.41. The number of nitrogens with zero attached hydrogens (tertiary/aromatic N) is 2. The maximum absolute atomic E-state index is 10.1. The van der Waals surface area contributed by atoms with E-state index in [9.17, 15) is 5.11 Å². The van der Waals surface area contributed by atoms with Crippen molar-refractivity contribution in [3.63, 3.8) is 0 Å². The maximum Gasteiger partial charge on any atom is 0.310 e. The molecule has 0 aliphatic carbocycles. The van der Waals surface area contributed by atoms with Gasteiger partial charge in [0.1, 0.15) is 5.69 Å². The second kappa shape index (κ2) is 5.25. The molecule has 1 aliphatic rings. The van der Waals surface area contributed by atoms with Gasteiger partial charge in [0.05, 0.1) is 5.69 Å². The van der Waals surface area contributed by atoms with Crippen LogP contribution in [-0.2, 0) is 0 Å². The van der Waals surface area contributed by atoms with Crippen molar-refractivity contribution >= 4 is 23.6 Å². The molecule has 0 bridgehead atoms. The SMILES string of the molecule is Cc1cccc(-c2nc(C=C3C=Nc4ccccc43)c(O)o2)c1. The van der Waals surface area contributed by atoms with Gasteiger partial charge in [-0.25, -0.2) is 4.98 Å². The van der Waals surface area contributed by atoms with E-state index in [0.29, 0.717) is 11.6 Å². The molecular formula is C19H14N2O2. The highest BCUT2D eigenvalue weighted by atomic mass is 16.5. The molecule has 0 saturated heterocycles. The Bertz CT molecular complexity index is 952. The van der Waals surface area contributed by atoms with Crippen LogP contribution in [0.5, 0.6) is 5.95 Å². The van der Waals surface area contributed by atoms with E-state index in [4.69, 9.17) is 4.42 Å². The van der Waals surface area contributed by atoms with Gasteiger partial charge in [0, 0.05) is 22.9 Å². The largest absolute Gasteiger partial charge is 0.479 e. The molecule has 0 fully saturated rings. The topological polar surface area (TPSA) is 58.6 Å². The predicted octanol–water partition coefficient (Wildman–Crippen LogP) is 4.61.